The van der Waals surface area contributed by atoms with Gasteiger partial charge in [0.1, 0.15) is 5.76 Å². The fraction of sp³-hybridized carbons (Fsp3) is 0.231. The molecule has 19 heavy (non-hydrogen) atoms. The van der Waals surface area contributed by atoms with E-state index < -0.39 is 0 Å². The minimum absolute atomic E-state index is 0.0384. The van der Waals surface area contributed by atoms with E-state index in [-0.39, 0.29) is 5.91 Å². The second-order valence-corrected chi connectivity index (χ2v) is 4.32. The Balaban J connectivity index is 2.06. The number of oxazole rings is 1. The van der Waals surface area contributed by atoms with Crippen molar-refractivity contribution in [3.63, 3.8) is 0 Å². The molecule has 0 fully saturated rings. The van der Waals surface area contributed by atoms with Crippen LogP contribution in [-0.4, -0.2) is 10.9 Å². The first kappa shape index (κ1) is 13.4. The second kappa shape index (κ2) is 6.24. The summed E-state index contributed by atoms with van der Waals surface area (Å²) in [5.41, 5.74) is 1.43. The zero-order valence-electron chi connectivity index (χ0n) is 10.4. The third-order valence-electron chi connectivity index (χ3n) is 2.51. The van der Waals surface area contributed by atoms with Gasteiger partial charge < -0.3 is 15.1 Å². The normalized spacial score (nSPS) is 10.2. The maximum Gasteiger partial charge on any atom is 0.224 e. The Morgan fingerprint density at radius 2 is 2.32 bits per heavy atom. The number of aromatic nitrogens is 1. The number of nitrogens with zero attached hydrogens (tertiary/aromatic N) is 1. The van der Waals surface area contributed by atoms with Crippen LogP contribution < -0.4 is 10.6 Å². The lowest BCUT2D eigenvalue weighted by molar-refractivity contribution is -0.115. The van der Waals surface area contributed by atoms with Gasteiger partial charge in [0.15, 0.2) is 6.39 Å². The van der Waals surface area contributed by atoms with Crippen molar-refractivity contribution >= 4 is 28.9 Å². The molecule has 1 amide bonds. The summed E-state index contributed by atoms with van der Waals surface area (Å²) < 4.78 is 5.12. The van der Waals surface area contributed by atoms with Gasteiger partial charge in [0.05, 0.1) is 23.5 Å². The molecule has 0 radical (unpaired) electrons. The van der Waals surface area contributed by atoms with E-state index in [1.54, 1.807) is 31.3 Å². The SMILES string of the molecule is CCC(=O)Nc1ccc(Cl)c(NCc2cnco2)c1. The first-order valence-electron chi connectivity index (χ1n) is 5.89. The number of rotatable bonds is 5. The lowest BCUT2D eigenvalue weighted by Gasteiger charge is -2.10. The van der Waals surface area contributed by atoms with Crippen molar-refractivity contribution in [2.75, 3.05) is 10.6 Å². The number of amides is 1. The number of carbonyl (C=O) groups excluding carboxylic acids is 1. The van der Waals surface area contributed by atoms with Crippen LogP contribution in [0.5, 0.6) is 0 Å². The molecule has 2 N–H and O–H groups in total. The first-order valence-corrected chi connectivity index (χ1v) is 6.27. The fourth-order valence-corrected chi connectivity index (χ4v) is 1.68. The van der Waals surface area contributed by atoms with Gasteiger partial charge in [-0.2, -0.15) is 0 Å². The van der Waals surface area contributed by atoms with E-state index in [2.05, 4.69) is 15.6 Å². The van der Waals surface area contributed by atoms with Gasteiger partial charge in [-0.05, 0) is 18.2 Å². The lowest BCUT2D eigenvalue weighted by atomic mass is 10.2. The molecule has 0 saturated carbocycles. The third-order valence-corrected chi connectivity index (χ3v) is 2.84. The average Bonchev–Trinajstić information content (AvgIpc) is 2.92. The van der Waals surface area contributed by atoms with E-state index in [9.17, 15) is 4.79 Å². The molecule has 1 aromatic heterocycles. The quantitative estimate of drug-likeness (QED) is 0.881. The van der Waals surface area contributed by atoms with Crippen molar-refractivity contribution in [2.45, 2.75) is 19.9 Å². The van der Waals surface area contributed by atoms with Crippen LogP contribution in [-0.2, 0) is 11.3 Å². The Bertz CT molecular complexity index is 555. The molecular formula is C13H14ClN3O2. The minimum Gasteiger partial charge on any atom is -0.447 e. The Morgan fingerprint density at radius 3 is 3.00 bits per heavy atom. The Morgan fingerprint density at radius 1 is 1.47 bits per heavy atom. The summed E-state index contributed by atoms with van der Waals surface area (Å²) in [7, 11) is 0. The highest BCUT2D eigenvalue weighted by Crippen LogP contribution is 2.26. The Labute approximate surface area is 116 Å². The third kappa shape index (κ3) is 3.72. The molecule has 0 spiro atoms. The highest BCUT2D eigenvalue weighted by atomic mass is 35.5. The van der Waals surface area contributed by atoms with Crippen molar-refractivity contribution in [1.82, 2.24) is 4.98 Å². The monoisotopic (exact) mass is 279 g/mol. The molecule has 0 unspecified atom stereocenters. The fourth-order valence-electron chi connectivity index (χ4n) is 1.50. The Kier molecular flexibility index (Phi) is 4.41. The summed E-state index contributed by atoms with van der Waals surface area (Å²) in [4.78, 5) is 15.2. The zero-order chi connectivity index (χ0) is 13.7. The molecule has 1 heterocycles. The topological polar surface area (TPSA) is 67.2 Å². The lowest BCUT2D eigenvalue weighted by Crippen LogP contribution is -2.09. The van der Waals surface area contributed by atoms with Crippen LogP contribution in [0.1, 0.15) is 19.1 Å². The van der Waals surface area contributed by atoms with Crippen LogP contribution in [0.4, 0.5) is 11.4 Å². The molecule has 2 aromatic rings. The number of benzene rings is 1. The van der Waals surface area contributed by atoms with E-state index in [4.69, 9.17) is 16.0 Å². The van der Waals surface area contributed by atoms with Gasteiger partial charge in [-0.1, -0.05) is 18.5 Å². The van der Waals surface area contributed by atoms with Crippen LogP contribution >= 0.6 is 11.6 Å². The van der Waals surface area contributed by atoms with Crippen molar-refractivity contribution in [3.8, 4) is 0 Å². The molecule has 0 aliphatic heterocycles. The summed E-state index contributed by atoms with van der Waals surface area (Å²) >= 11 is 6.09. The number of hydrogen-bond acceptors (Lipinski definition) is 4. The van der Waals surface area contributed by atoms with Gasteiger partial charge in [-0.15, -0.1) is 0 Å². The number of halogens is 1. The zero-order valence-corrected chi connectivity index (χ0v) is 11.2. The molecule has 0 atom stereocenters. The molecule has 0 aliphatic rings. The number of anilines is 2. The molecule has 0 aliphatic carbocycles. The van der Waals surface area contributed by atoms with Crippen molar-refractivity contribution in [3.05, 3.63) is 41.6 Å². The maximum absolute atomic E-state index is 11.3. The number of hydrogen-bond donors (Lipinski definition) is 2. The van der Waals surface area contributed by atoms with E-state index in [0.29, 0.717) is 29.4 Å². The van der Waals surface area contributed by atoms with Crippen LogP contribution in [0.2, 0.25) is 5.02 Å². The van der Waals surface area contributed by atoms with Crippen LogP contribution in [0.25, 0.3) is 0 Å². The van der Waals surface area contributed by atoms with Gasteiger partial charge in [-0.25, -0.2) is 4.98 Å². The highest BCUT2D eigenvalue weighted by molar-refractivity contribution is 6.33. The second-order valence-electron chi connectivity index (χ2n) is 3.92. The van der Waals surface area contributed by atoms with Crippen LogP contribution in [0, 0.1) is 0 Å². The summed E-state index contributed by atoms with van der Waals surface area (Å²) in [5, 5.41) is 6.49. The van der Waals surface area contributed by atoms with Crippen LogP contribution in [0.15, 0.2) is 35.2 Å². The van der Waals surface area contributed by atoms with Crippen molar-refractivity contribution in [1.29, 1.82) is 0 Å². The molecular weight excluding hydrogens is 266 g/mol. The van der Waals surface area contributed by atoms with Crippen molar-refractivity contribution < 1.29 is 9.21 Å². The van der Waals surface area contributed by atoms with E-state index in [1.165, 1.54) is 6.39 Å². The van der Waals surface area contributed by atoms with Gasteiger partial charge >= 0.3 is 0 Å². The van der Waals surface area contributed by atoms with Gasteiger partial charge in [0.25, 0.3) is 0 Å². The predicted molar refractivity (Wildman–Crippen MR) is 74.2 cm³/mol. The molecule has 0 saturated heterocycles. The average molecular weight is 280 g/mol. The molecule has 1 aromatic carbocycles. The number of nitrogens with one attached hydrogen (secondary N) is 2. The molecule has 6 heteroatoms. The standard InChI is InChI=1S/C13H14ClN3O2/c1-2-13(18)17-9-3-4-11(14)12(5-9)16-7-10-6-15-8-19-10/h3-6,8,16H,2,7H2,1H3,(H,17,18). The molecule has 100 valence electrons. The number of carbonyl (C=O) groups is 1. The van der Waals surface area contributed by atoms with Crippen LogP contribution in [0.3, 0.4) is 0 Å². The molecule has 0 bridgehead atoms. The largest absolute Gasteiger partial charge is 0.447 e. The minimum atomic E-state index is -0.0384. The van der Waals surface area contributed by atoms with Gasteiger partial charge in [-0.3, -0.25) is 4.79 Å². The van der Waals surface area contributed by atoms with Crippen molar-refractivity contribution in [2.24, 2.45) is 0 Å². The summed E-state index contributed by atoms with van der Waals surface area (Å²) in [6.45, 7) is 2.28. The van der Waals surface area contributed by atoms with E-state index >= 15 is 0 Å². The summed E-state index contributed by atoms with van der Waals surface area (Å²) in [6, 6.07) is 5.28. The Hall–Kier alpha value is -2.01. The maximum atomic E-state index is 11.3. The van der Waals surface area contributed by atoms with E-state index in [1.807, 2.05) is 0 Å². The smallest absolute Gasteiger partial charge is 0.224 e. The van der Waals surface area contributed by atoms with Gasteiger partial charge in [0, 0.05) is 12.1 Å². The highest BCUT2D eigenvalue weighted by Gasteiger charge is 2.05. The summed E-state index contributed by atoms with van der Waals surface area (Å²) in [6.07, 6.45) is 3.43. The molecule has 5 nitrogen and oxygen atoms in total. The predicted octanol–water partition coefficient (Wildman–Crippen LogP) is 3.29. The summed E-state index contributed by atoms with van der Waals surface area (Å²) in [5.74, 6) is 0.669. The van der Waals surface area contributed by atoms with E-state index in [0.717, 1.165) is 5.69 Å². The first-order chi connectivity index (χ1) is 9.19. The van der Waals surface area contributed by atoms with Gasteiger partial charge in [0.2, 0.25) is 5.91 Å². The molecule has 2 rings (SSSR count).